The minimum atomic E-state index is -0.990. The molecule has 22 heavy (non-hydrogen) atoms. The Hall–Kier alpha value is -1.88. The van der Waals surface area contributed by atoms with Crippen molar-refractivity contribution < 1.29 is 19.4 Å². The highest BCUT2D eigenvalue weighted by Gasteiger charge is 2.41. The van der Waals surface area contributed by atoms with Crippen molar-refractivity contribution in [3.63, 3.8) is 0 Å². The number of aromatic carboxylic acids is 1. The second kappa shape index (κ2) is 6.08. The van der Waals surface area contributed by atoms with Gasteiger partial charge in [0.15, 0.2) is 0 Å². The maximum atomic E-state index is 12.2. The van der Waals surface area contributed by atoms with Crippen molar-refractivity contribution in [1.29, 1.82) is 0 Å². The van der Waals surface area contributed by atoms with Gasteiger partial charge in [-0.2, -0.15) is 0 Å². The fourth-order valence-corrected chi connectivity index (χ4v) is 3.51. The van der Waals surface area contributed by atoms with E-state index in [9.17, 15) is 9.59 Å². The lowest BCUT2D eigenvalue weighted by molar-refractivity contribution is -0.0246. The average molecular weight is 303 g/mol. The third-order valence-corrected chi connectivity index (χ3v) is 4.70. The highest BCUT2D eigenvalue weighted by molar-refractivity contribution is 5.96. The quantitative estimate of drug-likeness (QED) is 0.900. The molecule has 0 aromatic heterocycles. The van der Waals surface area contributed by atoms with Crippen molar-refractivity contribution in [3.8, 4) is 0 Å². The molecule has 1 saturated carbocycles. The summed E-state index contributed by atoms with van der Waals surface area (Å²) >= 11 is 0. The van der Waals surface area contributed by atoms with Crippen LogP contribution < -0.4 is 5.32 Å². The Morgan fingerprint density at radius 3 is 2.36 bits per heavy atom. The smallest absolute Gasteiger partial charge is 0.335 e. The molecule has 1 spiro atoms. The Labute approximate surface area is 129 Å². The minimum absolute atomic E-state index is 0.0244. The van der Waals surface area contributed by atoms with Crippen LogP contribution in [0.15, 0.2) is 24.3 Å². The maximum Gasteiger partial charge on any atom is 0.335 e. The highest BCUT2D eigenvalue weighted by atomic mass is 16.5. The van der Waals surface area contributed by atoms with Crippen LogP contribution in [-0.2, 0) is 4.74 Å². The summed E-state index contributed by atoms with van der Waals surface area (Å²) < 4.78 is 5.99. The molecule has 2 N–H and O–H groups in total. The molecule has 118 valence electrons. The molecule has 5 nitrogen and oxygen atoms in total. The van der Waals surface area contributed by atoms with Crippen LogP contribution in [0.1, 0.15) is 59.2 Å². The number of nitrogens with one attached hydrogen (secondary N) is 1. The van der Waals surface area contributed by atoms with Gasteiger partial charge in [-0.3, -0.25) is 4.79 Å². The summed E-state index contributed by atoms with van der Waals surface area (Å²) in [5, 5.41) is 11.9. The van der Waals surface area contributed by atoms with Gasteiger partial charge in [0.05, 0.1) is 23.8 Å². The standard InChI is InChI=1S/C17H21NO4/c19-15(12-4-6-13(7-5-12)16(20)21)18-14-10-17(22-11-14)8-2-1-3-9-17/h4-7,14H,1-3,8-11H2,(H,18,19)(H,20,21). The van der Waals surface area contributed by atoms with E-state index in [-0.39, 0.29) is 23.1 Å². The lowest BCUT2D eigenvalue weighted by Crippen LogP contribution is -2.37. The van der Waals surface area contributed by atoms with Crippen LogP contribution in [0.2, 0.25) is 0 Å². The summed E-state index contributed by atoms with van der Waals surface area (Å²) in [6, 6.07) is 6.04. The lowest BCUT2D eigenvalue weighted by atomic mass is 9.82. The molecule has 0 radical (unpaired) electrons. The van der Waals surface area contributed by atoms with Crippen molar-refractivity contribution in [3.05, 3.63) is 35.4 Å². The third kappa shape index (κ3) is 3.14. The van der Waals surface area contributed by atoms with E-state index in [1.54, 1.807) is 12.1 Å². The van der Waals surface area contributed by atoms with Gasteiger partial charge >= 0.3 is 5.97 Å². The van der Waals surface area contributed by atoms with Gasteiger partial charge in [0.2, 0.25) is 0 Å². The number of ether oxygens (including phenoxy) is 1. The zero-order valence-electron chi connectivity index (χ0n) is 12.5. The van der Waals surface area contributed by atoms with E-state index in [1.807, 2.05) is 0 Å². The van der Waals surface area contributed by atoms with Gasteiger partial charge in [0, 0.05) is 5.56 Å². The van der Waals surface area contributed by atoms with Crippen molar-refractivity contribution >= 4 is 11.9 Å². The molecule has 0 bridgehead atoms. The molecule has 1 aromatic carbocycles. The first-order chi connectivity index (χ1) is 10.6. The predicted octanol–water partition coefficient (Wildman–Crippen LogP) is 2.61. The molecule has 1 aromatic rings. The molecule has 1 aliphatic carbocycles. The normalized spacial score (nSPS) is 23.4. The number of carbonyl (C=O) groups excluding carboxylic acids is 1. The number of benzene rings is 1. The topological polar surface area (TPSA) is 75.6 Å². The molecular weight excluding hydrogens is 282 g/mol. The van der Waals surface area contributed by atoms with Crippen LogP contribution in [0.4, 0.5) is 0 Å². The predicted molar refractivity (Wildman–Crippen MR) is 81.0 cm³/mol. The molecule has 1 unspecified atom stereocenters. The van der Waals surface area contributed by atoms with Gasteiger partial charge in [-0.1, -0.05) is 19.3 Å². The molecule has 1 saturated heterocycles. The summed E-state index contributed by atoms with van der Waals surface area (Å²) in [4.78, 5) is 23.1. The van der Waals surface area contributed by atoms with E-state index in [0.717, 1.165) is 19.3 Å². The molecule has 1 aliphatic heterocycles. The fraction of sp³-hybridized carbons (Fsp3) is 0.529. The zero-order valence-corrected chi connectivity index (χ0v) is 12.5. The summed E-state index contributed by atoms with van der Waals surface area (Å²) in [5.41, 5.74) is 0.639. The second-order valence-corrected chi connectivity index (χ2v) is 6.31. The summed E-state index contributed by atoms with van der Waals surface area (Å²) in [6.07, 6.45) is 6.75. The Bertz CT molecular complexity index is 561. The van der Waals surface area contributed by atoms with Gasteiger partial charge in [-0.05, 0) is 43.5 Å². The summed E-state index contributed by atoms with van der Waals surface area (Å²) in [6.45, 7) is 0.568. The van der Waals surface area contributed by atoms with E-state index < -0.39 is 5.97 Å². The largest absolute Gasteiger partial charge is 0.478 e. The molecular formula is C17H21NO4. The number of carboxylic acids is 1. The van der Waals surface area contributed by atoms with Gasteiger partial charge in [0.1, 0.15) is 0 Å². The number of amides is 1. The molecule has 2 aliphatic rings. The Morgan fingerprint density at radius 1 is 1.09 bits per heavy atom. The average Bonchev–Trinajstić information content (AvgIpc) is 2.90. The molecule has 1 atom stereocenters. The summed E-state index contributed by atoms with van der Waals surface area (Å²) in [5.74, 6) is -1.16. The SMILES string of the molecule is O=C(O)c1ccc(C(=O)NC2COC3(CCCCC3)C2)cc1. The minimum Gasteiger partial charge on any atom is -0.478 e. The van der Waals surface area contributed by atoms with E-state index in [0.29, 0.717) is 12.2 Å². The van der Waals surface area contributed by atoms with E-state index in [4.69, 9.17) is 9.84 Å². The van der Waals surface area contributed by atoms with Crippen LogP contribution in [0.25, 0.3) is 0 Å². The Balaban J connectivity index is 1.59. The summed E-state index contributed by atoms with van der Waals surface area (Å²) in [7, 11) is 0. The van der Waals surface area contributed by atoms with Crippen molar-refractivity contribution in [2.24, 2.45) is 0 Å². The van der Waals surface area contributed by atoms with Crippen LogP contribution in [0.5, 0.6) is 0 Å². The van der Waals surface area contributed by atoms with Gasteiger partial charge < -0.3 is 15.2 Å². The van der Waals surface area contributed by atoms with Gasteiger partial charge in [-0.25, -0.2) is 4.79 Å². The monoisotopic (exact) mass is 303 g/mol. The van der Waals surface area contributed by atoms with E-state index in [1.165, 1.54) is 31.4 Å². The Morgan fingerprint density at radius 2 is 1.73 bits per heavy atom. The van der Waals surface area contributed by atoms with Crippen molar-refractivity contribution in [2.45, 2.75) is 50.2 Å². The number of carbonyl (C=O) groups is 2. The fourth-order valence-electron chi connectivity index (χ4n) is 3.51. The van der Waals surface area contributed by atoms with Crippen molar-refractivity contribution in [1.82, 2.24) is 5.32 Å². The molecule has 3 rings (SSSR count). The molecule has 1 heterocycles. The van der Waals surface area contributed by atoms with Gasteiger partial charge in [0.25, 0.3) is 5.91 Å². The molecule has 5 heteroatoms. The van der Waals surface area contributed by atoms with Crippen LogP contribution in [-0.4, -0.2) is 35.2 Å². The van der Waals surface area contributed by atoms with Crippen LogP contribution in [0, 0.1) is 0 Å². The lowest BCUT2D eigenvalue weighted by Gasteiger charge is -2.32. The van der Waals surface area contributed by atoms with Crippen LogP contribution >= 0.6 is 0 Å². The molecule has 1 amide bonds. The first kappa shape index (κ1) is 15.0. The number of rotatable bonds is 3. The molecule has 2 fully saturated rings. The van der Waals surface area contributed by atoms with Crippen LogP contribution in [0.3, 0.4) is 0 Å². The maximum absolute atomic E-state index is 12.2. The van der Waals surface area contributed by atoms with Gasteiger partial charge in [-0.15, -0.1) is 0 Å². The number of hydrogen-bond acceptors (Lipinski definition) is 3. The van der Waals surface area contributed by atoms with E-state index >= 15 is 0 Å². The first-order valence-corrected chi connectivity index (χ1v) is 7.86. The Kier molecular flexibility index (Phi) is 4.16. The van der Waals surface area contributed by atoms with E-state index in [2.05, 4.69) is 5.32 Å². The number of carboxylic acid groups (broad SMARTS) is 1. The highest BCUT2D eigenvalue weighted by Crippen LogP contribution is 2.39. The number of hydrogen-bond donors (Lipinski definition) is 2. The second-order valence-electron chi connectivity index (χ2n) is 6.31. The first-order valence-electron chi connectivity index (χ1n) is 7.86. The third-order valence-electron chi connectivity index (χ3n) is 4.70. The van der Waals surface area contributed by atoms with Crippen molar-refractivity contribution in [2.75, 3.05) is 6.61 Å². The zero-order chi connectivity index (χ0) is 15.6.